The maximum absolute atomic E-state index is 10.0. The van der Waals surface area contributed by atoms with Crippen molar-refractivity contribution in [3.63, 3.8) is 0 Å². The number of phenols is 1. The van der Waals surface area contributed by atoms with Crippen molar-refractivity contribution in [2.24, 2.45) is 5.73 Å². The Morgan fingerprint density at radius 2 is 1.86 bits per heavy atom. The molecule has 1 rings (SSSR count). The van der Waals surface area contributed by atoms with Crippen LogP contribution in [0, 0.1) is 20.8 Å². The highest BCUT2D eigenvalue weighted by molar-refractivity contribution is 5.50. The standard InChI is InChI=1S/C12H19NO/c1-7-5-8(2)11(9(3)6-13)12(14)10(7)4/h5,9,14H,6,13H2,1-4H3. The molecule has 0 aliphatic heterocycles. The summed E-state index contributed by atoms with van der Waals surface area (Å²) >= 11 is 0. The highest BCUT2D eigenvalue weighted by Gasteiger charge is 2.15. The van der Waals surface area contributed by atoms with Crippen LogP contribution in [-0.4, -0.2) is 11.7 Å². The number of benzene rings is 1. The van der Waals surface area contributed by atoms with Crippen LogP contribution in [0.2, 0.25) is 0 Å². The summed E-state index contributed by atoms with van der Waals surface area (Å²) in [5, 5.41) is 10.0. The summed E-state index contributed by atoms with van der Waals surface area (Å²) in [6.45, 7) is 8.58. The molecule has 2 nitrogen and oxygen atoms in total. The van der Waals surface area contributed by atoms with E-state index in [9.17, 15) is 5.11 Å². The molecule has 0 bridgehead atoms. The summed E-state index contributed by atoms with van der Waals surface area (Å²) in [6.07, 6.45) is 0. The van der Waals surface area contributed by atoms with E-state index in [1.165, 1.54) is 0 Å². The molecule has 0 saturated carbocycles. The lowest BCUT2D eigenvalue weighted by molar-refractivity contribution is 0.457. The van der Waals surface area contributed by atoms with Crippen LogP contribution in [0.5, 0.6) is 5.75 Å². The van der Waals surface area contributed by atoms with Crippen molar-refractivity contribution in [2.75, 3.05) is 6.54 Å². The minimum atomic E-state index is 0.217. The summed E-state index contributed by atoms with van der Waals surface area (Å²) in [6, 6.07) is 2.11. The average Bonchev–Trinajstić information content (AvgIpc) is 2.14. The first-order valence-corrected chi connectivity index (χ1v) is 4.98. The van der Waals surface area contributed by atoms with E-state index in [-0.39, 0.29) is 5.92 Å². The molecule has 14 heavy (non-hydrogen) atoms. The second-order valence-corrected chi connectivity index (χ2v) is 4.03. The van der Waals surface area contributed by atoms with Gasteiger partial charge < -0.3 is 10.8 Å². The van der Waals surface area contributed by atoms with Crippen molar-refractivity contribution in [3.05, 3.63) is 28.3 Å². The number of hydrogen-bond acceptors (Lipinski definition) is 2. The van der Waals surface area contributed by atoms with Gasteiger partial charge in [0.15, 0.2) is 0 Å². The minimum absolute atomic E-state index is 0.217. The van der Waals surface area contributed by atoms with Gasteiger partial charge in [0.05, 0.1) is 0 Å². The van der Waals surface area contributed by atoms with E-state index < -0.39 is 0 Å². The van der Waals surface area contributed by atoms with E-state index >= 15 is 0 Å². The van der Waals surface area contributed by atoms with Crippen molar-refractivity contribution >= 4 is 0 Å². The van der Waals surface area contributed by atoms with Gasteiger partial charge in [-0.05, 0) is 49.9 Å². The molecule has 0 heterocycles. The Kier molecular flexibility index (Phi) is 3.17. The molecule has 0 spiro atoms. The van der Waals surface area contributed by atoms with Crippen LogP contribution < -0.4 is 5.73 Å². The van der Waals surface area contributed by atoms with E-state index in [1.807, 2.05) is 27.7 Å². The molecule has 1 aromatic carbocycles. The maximum atomic E-state index is 10.0. The van der Waals surface area contributed by atoms with E-state index in [0.29, 0.717) is 12.3 Å². The minimum Gasteiger partial charge on any atom is -0.507 e. The summed E-state index contributed by atoms with van der Waals surface area (Å²) in [5.74, 6) is 0.634. The maximum Gasteiger partial charge on any atom is 0.122 e. The molecule has 78 valence electrons. The number of aryl methyl sites for hydroxylation is 2. The topological polar surface area (TPSA) is 46.2 Å². The molecule has 0 amide bonds. The van der Waals surface area contributed by atoms with Gasteiger partial charge in [0, 0.05) is 5.56 Å². The van der Waals surface area contributed by atoms with Gasteiger partial charge in [-0.15, -0.1) is 0 Å². The first-order chi connectivity index (χ1) is 6.49. The van der Waals surface area contributed by atoms with Crippen molar-refractivity contribution < 1.29 is 5.11 Å². The Balaban J connectivity index is 3.36. The fraction of sp³-hybridized carbons (Fsp3) is 0.500. The summed E-state index contributed by atoms with van der Waals surface area (Å²) in [4.78, 5) is 0. The summed E-state index contributed by atoms with van der Waals surface area (Å²) < 4.78 is 0. The smallest absolute Gasteiger partial charge is 0.122 e. The molecule has 0 aromatic heterocycles. The van der Waals surface area contributed by atoms with Crippen LogP contribution in [0.25, 0.3) is 0 Å². The van der Waals surface area contributed by atoms with Crippen LogP contribution >= 0.6 is 0 Å². The van der Waals surface area contributed by atoms with Crippen LogP contribution in [0.1, 0.15) is 35.1 Å². The van der Waals surface area contributed by atoms with Gasteiger partial charge in [0.2, 0.25) is 0 Å². The van der Waals surface area contributed by atoms with Gasteiger partial charge in [-0.3, -0.25) is 0 Å². The third kappa shape index (κ3) is 1.75. The van der Waals surface area contributed by atoms with E-state index in [0.717, 1.165) is 22.3 Å². The number of nitrogens with two attached hydrogens (primary N) is 1. The van der Waals surface area contributed by atoms with Crippen molar-refractivity contribution in [3.8, 4) is 5.75 Å². The zero-order valence-corrected chi connectivity index (χ0v) is 9.39. The molecule has 2 heteroatoms. The third-order valence-electron chi connectivity index (χ3n) is 2.91. The van der Waals surface area contributed by atoms with E-state index in [4.69, 9.17) is 5.73 Å². The van der Waals surface area contributed by atoms with E-state index in [2.05, 4.69) is 6.07 Å². The predicted molar refractivity (Wildman–Crippen MR) is 59.8 cm³/mol. The Morgan fingerprint density at radius 3 is 2.36 bits per heavy atom. The Hall–Kier alpha value is -1.02. The Labute approximate surface area is 85.8 Å². The molecule has 0 aliphatic rings. The fourth-order valence-electron chi connectivity index (χ4n) is 1.83. The van der Waals surface area contributed by atoms with Crippen molar-refractivity contribution in [2.45, 2.75) is 33.6 Å². The van der Waals surface area contributed by atoms with Gasteiger partial charge >= 0.3 is 0 Å². The fourth-order valence-corrected chi connectivity index (χ4v) is 1.83. The second kappa shape index (κ2) is 4.01. The van der Waals surface area contributed by atoms with Crippen LogP contribution in [0.4, 0.5) is 0 Å². The van der Waals surface area contributed by atoms with Crippen LogP contribution in [0.3, 0.4) is 0 Å². The molecular weight excluding hydrogens is 174 g/mol. The van der Waals surface area contributed by atoms with Gasteiger partial charge in [-0.25, -0.2) is 0 Å². The van der Waals surface area contributed by atoms with Gasteiger partial charge in [-0.1, -0.05) is 13.0 Å². The normalized spacial score (nSPS) is 12.9. The second-order valence-electron chi connectivity index (χ2n) is 4.03. The lowest BCUT2D eigenvalue weighted by atomic mass is 9.91. The SMILES string of the molecule is Cc1cc(C)c(C(C)CN)c(O)c1C. The lowest BCUT2D eigenvalue weighted by Gasteiger charge is -2.17. The van der Waals surface area contributed by atoms with Gasteiger partial charge in [0.25, 0.3) is 0 Å². The first kappa shape index (κ1) is 11.1. The first-order valence-electron chi connectivity index (χ1n) is 4.98. The van der Waals surface area contributed by atoms with E-state index in [1.54, 1.807) is 0 Å². The van der Waals surface area contributed by atoms with Gasteiger partial charge in [0.1, 0.15) is 5.75 Å². The number of hydrogen-bond donors (Lipinski definition) is 2. The molecule has 1 atom stereocenters. The van der Waals surface area contributed by atoms with Gasteiger partial charge in [-0.2, -0.15) is 0 Å². The molecule has 1 unspecified atom stereocenters. The van der Waals surface area contributed by atoms with Crippen molar-refractivity contribution in [1.29, 1.82) is 0 Å². The summed E-state index contributed by atoms with van der Waals surface area (Å²) in [5.41, 5.74) is 9.84. The largest absolute Gasteiger partial charge is 0.507 e. The average molecular weight is 193 g/mol. The zero-order chi connectivity index (χ0) is 10.9. The monoisotopic (exact) mass is 193 g/mol. The Bertz CT molecular complexity index is 345. The molecule has 0 aliphatic carbocycles. The highest BCUT2D eigenvalue weighted by Crippen LogP contribution is 2.33. The Morgan fingerprint density at radius 1 is 1.29 bits per heavy atom. The summed E-state index contributed by atoms with van der Waals surface area (Å²) in [7, 11) is 0. The van der Waals surface area contributed by atoms with Crippen LogP contribution in [0.15, 0.2) is 6.07 Å². The molecule has 1 aromatic rings. The quantitative estimate of drug-likeness (QED) is 0.757. The molecular formula is C12H19NO. The van der Waals surface area contributed by atoms with Crippen molar-refractivity contribution in [1.82, 2.24) is 0 Å². The number of aromatic hydroxyl groups is 1. The zero-order valence-electron chi connectivity index (χ0n) is 9.39. The number of phenolic OH excluding ortho intramolecular Hbond substituents is 1. The third-order valence-corrected chi connectivity index (χ3v) is 2.91. The predicted octanol–water partition coefficient (Wildman–Crippen LogP) is 2.38. The highest BCUT2D eigenvalue weighted by atomic mass is 16.3. The molecule has 3 N–H and O–H groups in total. The molecule has 0 saturated heterocycles. The molecule has 0 radical (unpaired) electrons. The lowest BCUT2D eigenvalue weighted by Crippen LogP contribution is -2.11. The van der Waals surface area contributed by atoms with Crippen LogP contribution in [-0.2, 0) is 0 Å². The molecule has 0 fully saturated rings. The number of rotatable bonds is 2.